The van der Waals surface area contributed by atoms with Crippen molar-refractivity contribution in [3.05, 3.63) is 47.5 Å². The second-order valence-electron chi connectivity index (χ2n) is 11.6. The van der Waals surface area contributed by atoms with Crippen LogP contribution in [0, 0.1) is 22.7 Å². The van der Waals surface area contributed by atoms with Gasteiger partial charge in [0.2, 0.25) is 0 Å². The molecule has 1 aromatic rings. The second kappa shape index (κ2) is 9.16. The number of hydrogen-bond donors (Lipinski definition) is 3. The first-order valence-electron chi connectivity index (χ1n) is 13.0. The van der Waals surface area contributed by atoms with Gasteiger partial charge in [-0.3, -0.25) is 4.79 Å². The molecule has 0 amide bonds. The molecule has 3 N–H and O–H groups in total. The molecular formula is C29H42O5. The molecule has 34 heavy (non-hydrogen) atoms. The zero-order valence-electron chi connectivity index (χ0n) is 21.1. The van der Waals surface area contributed by atoms with E-state index >= 15 is 0 Å². The summed E-state index contributed by atoms with van der Waals surface area (Å²) >= 11 is 0. The van der Waals surface area contributed by atoms with Crippen LogP contribution in [-0.4, -0.2) is 46.2 Å². The normalized spacial score (nSPS) is 33.9. The number of ether oxygens (including phenoxy) is 1. The van der Waals surface area contributed by atoms with E-state index in [0.29, 0.717) is 19.3 Å². The van der Waals surface area contributed by atoms with E-state index in [9.17, 15) is 20.1 Å². The summed E-state index contributed by atoms with van der Waals surface area (Å²) in [6.07, 6.45) is 8.10. The third-order valence-electron chi connectivity index (χ3n) is 9.64. The molecule has 0 aromatic heterocycles. The van der Waals surface area contributed by atoms with Crippen LogP contribution < -0.4 is 0 Å². The Kier molecular flexibility index (Phi) is 6.89. The van der Waals surface area contributed by atoms with Crippen LogP contribution in [-0.2, 0) is 22.4 Å². The van der Waals surface area contributed by atoms with Gasteiger partial charge >= 0.3 is 0 Å². The zero-order chi connectivity index (χ0) is 24.8. The van der Waals surface area contributed by atoms with Crippen LogP contribution in [0.15, 0.2) is 36.4 Å². The van der Waals surface area contributed by atoms with E-state index < -0.39 is 28.1 Å². The van der Waals surface area contributed by atoms with Crippen molar-refractivity contribution in [3.8, 4) is 0 Å². The number of fused-ring (bicyclic) bond motifs is 2. The fourth-order valence-corrected chi connectivity index (χ4v) is 7.51. The van der Waals surface area contributed by atoms with E-state index in [1.807, 2.05) is 26.0 Å². The summed E-state index contributed by atoms with van der Waals surface area (Å²) in [7, 11) is 1.45. The minimum atomic E-state index is -1.64. The van der Waals surface area contributed by atoms with Crippen LogP contribution in [0.4, 0.5) is 0 Å². The molecular weight excluding hydrogens is 428 g/mol. The second-order valence-corrected chi connectivity index (χ2v) is 11.6. The Morgan fingerprint density at radius 2 is 1.76 bits per heavy atom. The molecule has 0 radical (unpaired) electrons. The highest BCUT2D eigenvalue weighted by atomic mass is 16.6. The fourth-order valence-electron chi connectivity index (χ4n) is 7.51. The summed E-state index contributed by atoms with van der Waals surface area (Å²) in [5.74, 6) is -2.35. The third-order valence-corrected chi connectivity index (χ3v) is 9.64. The number of aliphatic hydroxyl groups excluding tert-OH is 1. The van der Waals surface area contributed by atoms with Crippen LogP contribution >= 0.6 is 0 Å². The highest BCUT2D eigenvalue weighted by Crippen LogP contribution is 2.73. The van der Waals surface area contributed by atoms with Gasteiger partial charge in [-0.15, -0.1) is 0 Å². The highest BCUT2D eigenvalue weighted by molar-refractivity contribution is 5.89. The van der Waals surface area contributed by atoms with Crippen LogP contribution in [0.1, 0.15) is 76.3 Å². The van der Waals surface area contributed by atoms with Gasteiger partial charge in [-0.2, -0.15) is 0 Å². The lowest BCUT2D eigenvalue weighted by Gasteiger charge is -2.46. The Morgan fingerprint density at radius 3 is 2.38 bits per heavy atom. The molecule has 0 saturated heterocycles. The van der Waals surface area contributed by atoms with Crippen molar-refractivity contribution in [1.29, 1.82) is 0 Å². The van der Waals surface area contributed by atoms with Gasteiger partial charge < -0.3 is 20.1 Å². The van der Waals surface area contributed by atoms with Crippen molar-refractivity contribution < 1.29 is 24.9 Å². The van der Waals surface area contributed by atoms with Crippen molar-refractivity contribution in [2.45, 2.75) is 89.4 Å². The molecule has 1 aromatic carbocycles. The Morgan fingerprint density at radius 1 is 1.12 bits per heavy atom. The summed E-state index contributed by atoms with van der Waals surface area (Å²) in [5.41, 5.74) is 0.784. The maximum atomic E-state index is 13.9. The number of carbonyl (C=O) groups excluding carboxylic acids is 1. The maximum absolute atomic E-state index is 13.9. The molecule has 0 spiro atoms. The summed E-state index contributed by atoms with van der Waals surface area (Å²) < 4.78 is 5.66. The number of rotatable bonds is 9. The van der Waals surface area contributed by atoms with E-state index in [0.717, 1.165) is 49.7 Å². The maximum Gasteiger partial charge on any atom is 0.185 e. The molecule has 5 heteroatoms. The third kappa shape index (κ3) is 3.80. The van der Waals surface area contributed by atoms with E-state index in [-0.39, 0.29) is 18.3 Å². The predicted octanol–water partition coefficient (Wildman–Crippen LogP) is 4.36. The molecule has 5 nitrogen and oxygen atoms in total. The van der Waals surface area contributed by atoms with E-state index in [1.54, 1.807) is 0 Å². The lowest BCUT2D eigenvalue weighted by atomic mass is 9.58. The largest absolute Gasteiger partial charge is 0.396 e. The average Bonchev–Trinajstić information content (AvgIpc) is 3.17. The number of methoxy groups -OCH3 is 1. The average molecular weight is 471 g/mol. The van der Waals surface area contributed by atoms with Crippen molar-refractivity contribution in [2.75, 3.05) is 13.7 Å². The van der Waals surface area contributed by atoms with Crippen LogP contribution in [0.5, 0.6) is 0 Å². The molecule has 188 valence electrons. The summed E-state index contributed by atoms with van der Waals surface area (Å²) in [5, 5.41) is 32.5. The first-order chi connectivity index (χ1) is 16.0. The Labute approximate surface area is 204 Å². The number of aryl methyl sites for hydroxylation is 2. The standard InChI is InChI=1S/C29H42O5/c1-20-25-23(19-30)18-28(26(20,2)3,29(25,33)34-4)24(31)12-11-21-9-8-10-22(17-21)13-16-27(32)14-6-5-7-15-27/h8-10,17,23,25,30,32-33H,1,5-7,11-16,18-19H2,2-4H3/t23-,25+,28-,29+/m1/s1. The van der Waals surface area contributed by atoms with Crippen molar-refractivity contribution in [2.24, 2.45) is 22.7 Å². The van der Waals surface area contributed by atoms with Crippen LogP contribution in [0.25, 0.3) is 0 Å². The monoisotopic (exact) mass is 470 g/mol. The molecule has 0 unspecified atom stereocenters. The molecule has 4 atom stereocenters. The number of aliphatic hydroxyl groups is 3. The van der Waals surface area contributed by atoms with E-state index in [1.165, 1.54) is 19.1 Å². The number of benzene rings is 1. The van der Waals surface area contributed by atoms with Crippen molar-refractivity contribution >= 4 is 5.78 Å². The fraction of sp³-hybridized carbons (Fsp3) is 0.690. The van der Waals surface area contributed by atoms with Crippen LogP contribution in [0.2, 0.25) is 0 Å². The Bertz CT molecular complexity index is 930. The molecule has 3 saturated carbocycles. The van der Waals surface area contributed by atoms with E-state index in [4.69, 9.17) is 4.74 Å². The Balaban J connectivity index is 1.48. The van der Waals surface area contributed by atoms with Gasteiger partial charge in [0.15, 0.2) is 5.79 Å². The minimum Gasteiger partial charge on any atom is -0.396 e. The lowest BCUT2D eigenvalue weighted by Crippen LogP contribution is -2.55. The summed E-state index contributed by atoms with van der Waals surface area (Å²) in [6, 6.07) is 8.31. The number of ketones is 1. The van der Waals surface area contributed by atoms with Gasteiger partial charge in [0, 0.05) is 31.5 Å². The summed E-state index contributed by atoms with van der Waals surface area (Å²) in [6.45, 7) is 8.07. The number of carbonyl (C=O) groups is 1. The smallest absolute Gasteiger partial charge is 0.185 e. The molecule has 3 aliphatic carbocycles. The zero-order valence-corrected chi connectivity index (χ0v) is 21.1. The SMILES string of the molecule is C=C1[C@H]2[C@@H](CO)C[C@@](C(=O)CCc3cccc(CCC4(O)CCCCC4)c3)(C1(C)C)[C@@]2(O)OC. The van der Waals surface area contributed by atoms with Crippen molar-refractivity contribution in [3.63, 3.8) is 0 Å². The molecule has 2 bridgehead atoms. The molecule has 4 rings (SSSR count). The summed E-state index contributed by atoms with van der Waals surface area (Å²) in [4.78, 5) is 13.9. The van der Waals surface area contributed by atoms with Gasteiger partial charge in [0.1, 0.15) is 5.78 Å². The first kappa shape index (κ1) is 25.6. The lowest BCUT2D eigenvalue weighted by molar-refractivity contribution is -0.253. The van der Waals surface area contributed by atoms with E-state index in [2.05, 4.69) is 18.7 Å². The molecule has 0 aliphatic heterocycles. The van der Waals surface area contributed by atoms with Gasteiger partial charge in [-0.25, -0.2) is 0 Å². The van der Waals surface area contributed by atoms with Gasteiger partial charge in [0.05, 0.1) is 11.0 Å². The van der Waals surface area contributed by atoms with Gasteiger partial charge in [0.25, 0.3) is 0 Å². The minimum absolute atomic E-state index is 0.0247. The van der Waals surface area contributed by atoms with Crippen LogP contribution in [0.3, 0.4) is 0 Å². The quantitative estimate of drug-likeness (QED) is 0.369. The topological polar surface area (TPSA) is 87.0 Å². The van der Waals surface area contributed by atoms with Gasteiger partial charge in [-0.1, -0.05) is 69.5 Å². The molecule has 3 aliphatic rings. The molecule has 3 fully saturated rings. The number of hydrogen-bond acceptors (Lipinski definition) is 5. The van der Waals surface area contributed by atoms with Gasteiger partial charge in [-0.05, 0) is 55.6 Å². The Hall–Kier alpha value is -1.53. The number of Topliss-reactive ketones (excluding diaryl/α,β-unsaturated/α-hetero) is 1. The first-order valence-corrected chi connectivity index (χ1v) is 13.0. The molecule has 0 heterocycles. The van der Waals surface area contributed by atoms with Crippen molar-refractivity contribution in [1.82, 2.24) is 0 Å². The highest BCUT2D eigenvalue weighted by Gasteiger charge is 2.79. The predicted molar refractivity (Wildman–Crippen MR) is 132 cm³/mol.